The lowest BCUT2D eigenvalue weighted by molar-refractivity contribution is -0.136. The highest BCUT2D eigenvalue weighted by Crippen LogP contribution is 2.29. The number of hydrogen-bond acceptors (Lipinski definition) is 4. The van der Waals surface area contributed by atoms with Gasteiger partial charge in [-0.2, -0.15) is 0 Å². The Morgan fingerprint density at radius 2 is 1.50 bits per heavy atom. The van der Waals surface area contributed by atoms with Crippen LogP contribution in [-0.2, 0) is 22.6 Å². The monoisotopic (exact) mass is 455 g/mol. The number of amides is 2. The van der Waals surface area contributed by atoms with Crippen LogP contribution in [0, 0.1) is 0 Å². The molecule has 0 fully saturated rings. The van der Waals surface area contributed by atoms with Crippen molar-refractivity contribution >= 4 is 29.7 Å². The molecular formula is C28H29N3O3. The maximum absolute atomic E-state index is 12.9. The predicted octanol–water partition coefficient (Wildman–Crippen LogP) is 3.40. The van der Waals surface area contributed by atoms with Gasteiger partial charge in [0.2, 0.25) is 11.7 Å². The van der Waals surface area contributed by atoms with Gasteiger partial charge in [-0.1, -0.05) is 78.9 Å². The average Bonchev–Trinajstić information content (AvgIpc) is 2.81. The standard InChI is InChI=1S/C28H29N3O3/c1-31(2)18-21-13-11-19(12-14-21)15-16-23-22(9-6-10-24(23)27(29)33)25(26(32)28(30)34)17-20-7-4-3-5-8-20/h3-16,25H,17-18H2,1-2H3,(H2,29,33)(H2,30,34). The maximum Gasteiger partial charge on any atom is 0.285 e. The first-order valence-corrected chi connectivity index (χ1v) is 11.0. The van der Waals surface area contributed by atoms with Crippen LogP contribution in [0.5, 0.6) is 0 Å². The van der Waals surface area contributed by atoms with Gasteiger partial charge in [0.05, 0.1) is 5.92 Å². The molecule has 2 amide bonds. The molecule has 0 aliphatic rings. The van der Waals surface area contributed by atoms with E-state index in [1.54, 1.807) is 24.3 Å². The topological polar surface area (TPSA) is 106 Å². The van der Waals surface area contributed by atoms with Crippen molar-refractivity contribution in [2.75, 3.05) is 14.1 Å². The molecule has 0 aliphatic heterocycles. The lowest BCUT2D eigenvalue weighted by Gasteiger charge is -2.19. The highest BCUT2D eigenvalue weighted by molar-refractivity contribution is 6.37. The predicted molar refractivity (Wildman–Crippen MR) is 135 cm³/mol. The lowest BCUT2D eigenvalue weighted by atomic mass is 9.83. The van der Waals surface area contributed by atoms with Crippen LogP contribution in [0.2, 0.25) is 0 Å². The zero-order valence-corrected chi connectivity index (χ0v) is 19.4. The molecule has 6 nitrogen and oxygen atoms in total. The zero-order valence-electron chi connectivity index (χ0n) is 19.4. The summed E-state index contributed by atoms with van der Waals surface area (Å²) in [7, 11) is 4.02. The van der Waals surface area contributed by atoms with E-state index in [2.05, 4.69) is 4.90 Å². The van der Waals surface area contributed by atoms with E-state index in [-0.39, 0.29) is 12.0 Å². The second-order valence-corrected chi connectivity index (χ2v) is 8.46. The Labute approximate surface area is 199 Å². The summed E-state index contributed by atoms with van der Waals surface area (Å²) in [5, 5.41) is 0. The number of nitrogens with zero attached hydrogens (tertiary/aromatic N) is 1. The smallest absolute Gasteiger partial charge is 0.285 e. The van der Waals surface area contributed by atoms with Gasteiger partial charge in [0.25, 0.3) is 5.91 Å². The van der Waals surface area contributed by atoms with Gasteiger partial charge in [0.1, 0.15) is 0 Å². The second kappa shape index (κ2) is 11.2. The molecule has 0 saturated heterocycles. The highest BCUT2D eigenvalue weighted by Gasteiger charge is 2.28. The number of carbonyl (C=O) groups is 3. The molecule has 0 saturated carbocycles. The molecule has 1 atom stereocenters. The minimum atomic E-state index is -1.02. The third-order valence-corrected chi connectivity index (χ3v) is 5.54. The number of ketones is 1. The molecule has 0 bridgehead atoms. The fourth-order valence-electron chi connectivity index (χ4n) is 3.93. The van der Waals surface area contributed by atoms with Crippen molar-refractivity contribution in [1.29, 1.82) is 0 Å². The van der Waals surface area contributed by atoms with E-state index in [0.717, 1.165) is 17.7 Å². The SMILES string of the molecule is CN(C)Cc1ccc(C=Cc2c(C(N)=O)cccc2C(Cc2ccccc2)C(=O)C(N)=O)cc1. The minimum Gasteiger partial charge on any atom is -0.366 e. The van der Waals surface area contributed by atoms with Crippen LogP contribution in [0.25, 0.3) is 12.2 Å². The van der Waals surface area contributed by atoms with Gasteiger partial charge in [-0.25, -0.2) is 0 Å². The van der Waals surface area contributed by atoms with E-state index in [4.69, 9.17) is 11.5 Å². The number of carbonyl (C=O) groups excluding carboxylic acids is 3. The van der Waals surface area contributed by atoms with Crippen LogP contribution >= 0.6 is 0 Å². The van der Waals surface area contributed by atoms with Gasteiger partial charge in [-0.15, -0.1) is 0 Å². The molecule has 0 spiro atoms. The van der Waals surface area contributed by atoms with Crippen molar-refractivity contribution < 1.29 is 14.4 Å². The molecule has 0 aromatic heterocycles. The second-order valence-electron chi connectivity index (χ2n) is 8.46. The maximum atomic E-state index is 12.9. The summed E-state index contributed by atoms with van der Waals surface area (Å²) in [5.41, 5.74) is 15.3. The molecule has 6 heteroatoms. The largest absolute Gasteiger partial charge is 0.366 e. The first-order chi connectivity index (χ1) is 16.3. The average molecular weight is 456 g/mol. The van der Waals surface area contributed by atoms with Gasteiger partial charge in [-0.05, 0) is 54.4 Å². The van der Waals surface area contributed by atoms with Crippen LogP contribution in [0.1, 0.15) is 44.1 Å². The zero-order chi connectivity index (χ0) is 24.7. The molecule has 3 aromatic carbocycles. The Hall–Kier alpha value is -4.03. The third kappa shape index (κ3) is 6.27. The van der Waals surface area contributed by atoms with E-state index in [1.165, 1.54) is 5.56 Å². The fourth-order valence-corrected chi connectivity index (χ4v) is 3.93. The lowest BCUT2D eigenvalue weighted by Crippen LogP contribution is -2.30. The van der Waals surface area contributed by atoms with E-state index < -0.39 is 23.5 Å². The summed E-state index contributed by atoms with van der Waals surface area (Å²) in [6.45, 7) is 0.828. The van der Waals surface area contributed by atoms with Crippen molar-refractivity contribution in [3.63, 3.8) is 0 Å². The molecule has 3 aromatic rings. The van der Waals surface area contributed by atoms with Crippen LogP contribution in [0.15, 0.2) is 72.8 Å². The van der Waals surface area contributed by atoms with Crippen LogP contribution in [0.4, 0.5) is 0 Å². The summed E-state index contributed by atoms with van der Waals surface area (Å²) >= 11 is 0. The molecule has 0 radical (unpaired) electrons. The highest BCUT2D eigenvalue weighted by atomic mass is 16.2. The van der Waals surface area contributed by atoms with Crippen LogP contribution in [-0.4, -0.2) is 36.6 Å². The van der Waals surface area contributed by atoms with Gasteiger partial charge < -0.3 is 16.4 Å². The van der Waals surface area contributed by atoms with Gasteiger partial charge in [-0.3, -0.25) is 14.4 Å². The molecule has 34 heavy (non-hydrogen) atoms. The fraction of sp³-hybridized carbons (Fsp3) is 0.179. The number of rotatable bonds is 10. The van der Waals surface area contributed by atoms with Crippen molar-refractivity contribution in [2.45, 2.75) is 18.9 Å². The Bertz CT molecular complexity index is 1200. The molecule has 4 N–H and O–H groups in total. The minimum absolute atomic E-state index is 0.269. The van der Waals surface area contributed by atoms with Crippen LogP contribution in [0.3, 0.4) is 0 Å². The molecule has 174 valence electrons. The number of hydrogen-bond donors (Lipinski definition) is 2. The Morgan fingerprint density at radius 3 is 2.09 bits per heavy atom. The number of primary amides is 2. The molecule has 0 aliphatic carbocycles. The van der Waals surface area contributed by atoms with Crippen molar-refractivity contribution in [3.8, 4) is 0 Å². The van der Waals surface area contributed by atoms with E-state index >= 15 is 0 Å². The van der Waals surface area contributed by atoms with E-state index in [9.17, 15) is 14.4 Å². The quantitative estimate of drug-likeness (QED) is 0.361. The Balaban J connectivity index is 2.05. The summed E-state index contributed by atoms with van der Waals surface area (Å²) in [6, 6.07) is 22.4. The van der Waals surface area contributed by atoms with Gasteiger partial charge in [0, 0.05) is 12.1 Å². The van der Waals surface area contributed by atoms with Crippen molar-refractivity contribution in [3.05, 3.63) is 106 Å². The number of nitrogens with two attached hydrogens (primary N) is 2. The van der Waals surface area contributed by atoms with E-state index in [0.29, 0.717) is 11.1 Å². The summed E-state index contributed by atoms with van der Waals surface area (Å²) in [6.07, 6.45) is 3.90. The third-order valence-electron chi connectivity index (χ3n) is 5.54. The molecular weight excluding hydrogens is 426 g/mol. The number of benzene rings is 3. The number of Topliss-reactive ketones (excluding diaryl/α,β-unsaturated/α-hetero) is 1. The van der Waals surface area contributed by atoms with Crippen molar-refractivity contribution in [1.82, 2.24) is 4.90 Å². The molecule has 1 unspecified atom stereocenters. The molecule has 3 rings (SSSR count). The Morgan fingerprint density at radius 1 is 0.824 bits per heavy atom. The summed E-state index contributed by atoms with van der Waals surface area (Å²) in [5.74, 6) is -3.20. The van der Waals surface area contributed by atoms with Gasteiger partial charge in [0.15, 0.2) is 0 Å². The normalized spacial score (nSPS) is 12.1. The summed E-state index contributed by atoms with van der Waals surface area (Å²) < 4.78 is 0. The van der Waals surface area contributed by atoms with Gasteiger partial charge >= 0.3 is 0 Å². The molecule has 0 heterocycles. The van der Waals surface area contributed by atoms with Crippen LogP contribution < -0.4 is 11.5 Å². The van der Waals surface area contributed by atoms with E-state index in [1.807, 2.05) is 74.8 Å². The van der Waals surface area contributed by atoms with Crippen molar-refractivity contribution in [2.24, 2.45) is 11.5 Å². The first-order valence-electron chi connectivity index (χ1n) is 11.0. The first kappa shape index (κ1) is 24.6. The summed E-state index contributed by atoms with van der Waals surface area (Å²) in [4.78, 5) is 39.1. The Kier molecular flexibility index (Phi) is 8.11.